The van der Waals surface area contributed by atoms with Gasteiger partial charge in [-0.2, -0.15) is 0 Å². The number of hydrogen-bond donors (Lipinski definition) is 1. The molecule has 0 spiro atoms. The molecule has 0 aliphatic heterocycles. The van der Waals surface area contributed by atoms with Gasteiger partial charge in [-0.15, -0.1) is 11.3 Å². The van der Waals surface area contributed by atoms with Crippen molar-refractivity contribution in [3.63, 3.8) is 0 Å². The molecule has 24 heavy (non-hydrogen) atoms. The van der Waals surface area contributed by atoms with Gasteiger partial charge >= 0.3 is 0 Å². The van der Waals surface area contributed by atoms with Crippen molar-refractivity contribution >= 4 is 28.3 Å². The molecule has 1 aromatic carbocycles. The Morgan fingerprint density at radius 2 is 2.17 bits per heavy atom. The fraction of sp³-hybridized carbons (Fsp3) is 0.176. The minimum Gasteiger partial charge on any atom is -0.493 e. The fourth-order valence-corrected chi connectivity index (χ4v) is 2.95. The predicted octanol–water partition coefficient (Wildman–Crippen LogP) is 2.74. The van der Waals surface area contributed by atoms with E-state index in [1.54, 1.807) is 37.7 Å². The lowest BCUT2D eigenvalue weighted by atomic mass is 10.2. The van der Waals surface area contributed by atoms with E-state index >= 15 is 0 Å². The molecule has 0 radical (unpaired) electrons. The summed E-state index contributed by atoms with van der Waals surface area (Å²) in [5.41, 5.74) is 1.68. The van der Waals surface area contributed by atoms with Gasteiger partial charge in [0.2, 0.25) is 5.91 Å². The van der Waals surface area contributed by atoms with E-state index in [0.717, 1.165) is 16.2 Å². The molecule has 0 saturated heterocycles. The van der Waals surface area contributed by atoms with E-state index in [4.69, 9.17) is 9.47 Å². The number of hydrogen-bond acceptors (Lipinski definition) is 5. The standard InChI is InChI=1S/C17H17N3O3S/c1-22-14-5-3-12(9-15(14)23-2)4-6-16(21)18-10-13-11-20-7-8-24-17(20)19-13/h3-9,11H,10H2,1-2H3,(H,18,21)/b6-4+. The average Bonchev–Trinajstić information content (AvgIpc) is 3.19. The third-order valence-electron chi connectivity index (χ3n) is 3.42. The van der Waals surface area contributed by atoms with Crippen molar-refractivity contribution in [2.45, 2.75) is 6.54 Å². The summed E-state index contributed by atoms with van der Waals surface area (Å²) < 4.78 is 12.4. The van der Waals surface area contributed by atoms with Gasteiger partial charge in [-0.1, -0.05) is 6.07 Å². The third-order valence-corrected chi connectivity index (χ3v) is 4.19. The summed E-state index contributed by atoms with van der Waals surface area (Å²) in [6, 6.07) is 5.47. The van der Waals surface area contributed by atoms with Crippen molar-refractivity contribution < 1.29 is 14.3 Å². The monoisotopic (exact) mass is 343 g/mol. The first kappa shape index (κ1) is 16.1. The molecule has 0 aliphatic rings. The Morgan fingerprint density at radius 1 is 1.33 bits per heavy atom. The zero-order valence-electron chi connectivity index (χ0n) is 13.4. The van der Waals surface area contributed by atoms with Crippen molar-refractivity contribution in [2.24, 2.45) is 0 Å². The second-order valence-electron chi connectivity index (χ2n) is 4.99. The van der Waals surface area contributed by atoms with E-state index in [1.807, 2.05) is 34.3 Å². The zero-order valence-corrected chi connectivity index (χ0v) is 14.2. The molecule has 0 aliphatic carbocycles. The maximum Gasteiger partial charge on any atom is 0.244 e. The summed E-state index contributed by atoms with van der Waals surface area (Å²) in [5, 5.41) is 4.79. The van der Waals surface area contributed by atoms with Crippen LogP contribution in [0.15, 0.2) is 42.0 Å². The van der Waals surface area contributed by atoms with E-state index in [9.17, 15) is 4.79 Å². The minimum atomic E-state index is -0.180. The number of aromatic nitrogens is 2. The van der Waals surface area contributed by atoms with Gasteiger partial charge in [0.15, 0.2) is 16.5 Å². The third kappa shape index (κ3) is 3.57. The average molecular weight is 343 g/mol. The van der Waals surface area contributed by atoms with Gasteiger partial charge in [-0.05, 0) is 23.8 Å². The first-order valence-electron chi connectivity index (χ1n) is 7.28. The number of benzene rings is 1. The Hall–Kier alpha value is -2.80. The van der Waals surface area contributed by atoms with Crippen LogP contribution in [-0.4, -0.2) is 29.5 Å². The molecule has 2 heterocycles. The van der Waals surface area contributed by atoms with Crippen LogP contribution in [0.2, 0.25) is 0 Å². The topological polar surface area (TPSA) is 64.9 Å². The molecule has 7 heteroatoms. The van der Waals surface area contributed by atoms with E-state index < -0.39 is 0 Å². The molecule has 2 aromatic heterocycles. The van der Waals surface area contributed by atoms with Crippen LogP contribution in [0.1, 0.15) is 11.3 Å². The Balaban J connectivity index is 1.59. The van der Waals surface area contributed by atoms with Crippen LogP contribution < -0.4 is 14.8 Å². The summed E-state index contributed by atoms with van der Waals surface area (Å²) >= 11 is 1.56. The van der Waals surface area contributed by atoms with Gasteiger partial charge in [0.1, 0.15) is 0 Å². The second kappa shape index (κ2) is 7.18. The van der Waals surface area contributed by atoms with Crippen LogP contribution in [0.4, 0.5) is 0 Å². The minimum absolute atomic E-state index is 0.180. The van der Waals surface area contributed by atoms with Gasteiger partial charge in [0, 0.05) is 23.8 Å². The van der Waals surface area contributed by atoms with E-state index in [2.05, 4.69) is 10.3 Å². The Morgan fingerprint density at radius 3 is 2.92 bits per heavy atom. The molecule has 1 amide bonds. The summed E-state index contributed by atoms with van der Waals surface area (Å²) in [7, 11) is 3.16. The highest BCUT2D eigenvalue weighted by molar-refractivity contribution is 7.15. The molecule has 0 atom stereocenters. The summed E-state index contributed by atoms with van der Waals surface area (Å²) in [6.45, 7) is 0.392. The van der Waals surface area contributed by atoms with Crippen LogP contribution in [0.5, 0.6) is 11.5 Å². The normalized spacial score (nSPS) is 11.1. The molecule has 0 bridgehead atoms. The summed E-state index contributed by atoms with van der Waals surface area (Å²) in [4.78, 5) is 17.3. The van der Waals surface area contributed by atoms with Crippen molar-refractivity contribution in [3.05, 3.63) is 53.3 Å². The van der Waals surface area contributed by atoms with Crippen molar-refractivity contribution in [1.29, 1.82) is 0 Å². The lowest BCUT2D eigenvalue weighted by molar-refractivity contribution is -0.116. The number of fused-ring (bicyclic) bond motifs is 1. The fourth-order valence-electron chi connectivity index (χ4n) is 2.23. The SMILES string of the molecule is COc1ccc(/C=C/C(=O)NCc2cn3ccsc3n2)cc1OC. The number of ether oxygens (including phenoxy) is 2. The molecule has 124 valence electrons. The van der Waals surface area contributed by atoms with Crippen molar-refractivity contribution in [2.75, 3.05) is 14.2 Å². The Kier molecular flexibility index (Phi) is 4.81. The maximum absolute atomic E-state index is 11.9. The van der Waals surface area contributed by atoms with Gasteiger partial charge in [-0.25, -0.2) is 4.98 Å². The largest absolute Gasteiger partial charge is 0.493 e. The molecule has 1 N–H and O–H groups in total. The summed E-state index contributed by atoms with van der Waals surface area (Å²) in [6.07, 6.45) is 7.06. The van der Waals surface area contributed by atoms with E-state index in [0.29, 0.717) is 18.0 Å². The van der Waals surface area contributed by atoms with Crippen molar-refractivity contribution in [1.82, 2.24) is 14.7 Å². The number of carbonyl (C=O) groups excluding carboxylic acids is 1. The highest BCUT2D eigenvalue weighted by Gasteiger charge is 2.05. The number of carbonyl (C=O) groups is 1. The second-order valence-corrected chi connectivity index (χ2v) is 5.86. The van der Waals surface area contributed by atoms with Gasteiger partial charge < -0.3 is 14.8 Å². The molecule has 3 aromatic rings. The molecule has 0 unspecified atom stereocenters. The van der Waals surface area contributed by atoms with Gasteiger partial charge in [-0.3, -0.25) is 9.20 Å². The molecule has 6 nitrogen and oxygen atoms in total. The van der Waals surface area contributed by atoms with E-state index in [1.165, 1.54) is 6.08 Å². The number of nitrogens with one attached hydrogen (secondary N) is 1. The predicted molar refractivity (Wildman–Crippen MR) is 93.5 cm³/mol. The zero-order chi connectivity index (χ0) is 16.9. The van der Waals surface area contributed by atoms with Crippen LogP contribution in [-0.2, 0) is 11.3 Å². The van der Waals surface area contributed by atoms with Crippen molar-refractivity contribution in [3.8, 4) is 11.5 Å². The number of rotatable bonds is 6. The Bertz CT molecular complexity index is 854. The number of imidazole rings is 1. The Labute approximate surface area is 143 Å². The van der Waals surface area contributed by atoms with Gasteiger partial charge in [0.05, 0.1) is 26.5 Å². The smallest absolute Gasteiger partial charge is 0.244 e. The van der Waals surface area contributed by atoms with Crippen LogP contribution in [0.25, 0.3) is 11.0 Å². The van der Waals surface area contributed by atoms with Gasteiger partial charge in [0.25, 0.3) is 0 Å². The number of methoxy groups -OCH3 is 2. The van der Waals surface area contributed by atoms with Crippen LogP contribution >= 0.6 is 11.3 Å². The lowest BCUT2D eigenvalue weighted by Gasteiger charge is -2.07. The number of amides is 1. The quantitative estimate of drug-likeness (QED) is 0.699. The number of nitrogens with zero attached hydrogens (tertiary/aromatic N) is 2. The summed E-state index contributed by atoms with van der Waals surface area (Å²) in [5.74, 6) is 1.10. The highest BCUT2D eigenvalue weighted by Crippen LogP contribution is 2.27. The first-order chi connectivity index (χ1) is 11.7. The molecular formula is C17H17N3O3S. The first-order valence-corrected chi connectivity index (χ1v) is 8.16. The molecule has 0 saturated carbocycles. The lowest BCUT2D eigenvalue weighted by Crippen LogP contribution is -2.20. The van der Waals surface area contributed by atoms with Crippen LogP contribution in [0.3, 0.4) is 0 Å². The molecular weight excluding hydrogens is 326 g/mol. The molecule has 3 rings (SSSR count). The molecule has 0 fully saturated rings. The maximum atomic E-state index is 11.9. The number of thiazole rings is 1. The highest BCUT2D eigenvalue weighted by atomic mass is 32.1. The van der Waals surface area contributed by atoms with Crippen LogP contribution in [0, 0.1) is 0 Å². The van der Waals surface area contributed by atoms with E-state index in [-0.39, 0.29) is 5.91 Å².